The van der Waals surface area contributed by atoms with Gasteiger partial charge in [0.05, 0.1) is 56.0 Å². The van der Waals surface area contributed by atoms with Gasteiger partial charge in [-0.3, -0.25) is 0 Å². The summed E-state index contributed by atoms with van der Waals surface area (Å²) in [6, 6.07) is 91.2. The highest BCUT2D eigenvalue weighted by Gasteiger charge is 2.51. The molecule has 0 unspecified atom stereocenters. The van der Waals surface area contributed by atoms with E-state index in [2.05, 4.69) is 258 Å². The second kappa shape index (κ2) is 20.2. The summed E-state index contributed by atoms with van der Waals surface area (Å²) in [4.78, 5) is 20.6. The number of pyridine rings is 4. The van der Waals surface area contributed by atoms with Gasteiger partial charge in [0.1, 0.15) is 0 Å². The monoisotopic (exact) mass is 1040 g/mol. The van der Waals surface area contributed by atoms with Crippen molar-refractivity contribution in [1.82, 2.24) is 19.9 Å². The van der Waals surface area contributed by atoms with Crippen LogP contribution in [0.1, 0.15) is 27.7 Å². The second-order valence-corrected chi connectivity index (χ2v) is 21.9. The van der Waals surface area contributed by atoms with Crippen LogP contribution < -0.4 is 5.46 Å². The molecule has 386 valence electrons. The number of para-hydroxylation sites is 2. The first-order valence-electron chi connectivity index (χ1n) is 27.7. The predicted octanol–water partition coefficient (Wildman–Crippen LogP) is 18.2. The Morgan fingerprint density at radius 2 is 0.691 bits per heavy atom. The fraction of sp³-hybridized carbons (Fsp3) is 0.0811. The average molecular weight is 1040 g/mol. The first kappa shape index (κ1) is 49.6. The lowest BCUT2D eigenvalue weighted by atomic mass is 9.77. The van der Waals surface area contributed by atoms with Crippen molar-refractivity contribution in [1.29, 1.82) is 0 Å². The van der Waals surface area contributed by atoms with E-state index >= 15 is 0 Å². The van der Waals surface area contributed by atoms with Crippen molar-refractivity contribution in [2.24, 2.45) is 0 Å². The van der Waals surface area contributed by atoms with E-state index in [1.807, 2.05) is 30.3 Å². The summed E-state index contributed by atoms with van der Waals surface area (Å²) in [6.07, 6.45) is 0. The van der Waals surface area contributed by atoms with E-state index in [9.17, 15) is 0 Å². The van der Waals surface area contributed by atoms with Crippen molar-refractivity contribution in [3.05, 3.63) is 261 Å². The molecule has 14 aromatic rings. The first-order valence-corrected chi connectivity index (χ1v) is 27.7. The fourth-order valence-corrected chi connectivity index (χ4v) is 11.5. The Bertz CT molecular complexity index is 4700. The molecule has 0 bridgehead atoms. The highest BCUT2D eigenvalue weighted by molar-refractivity contribution is 6.62. The Balaban J connectivity index is 0.000000151. The Hall–Kier alpha value is -9.66. The number of fused-ring (bicyclic) bond motifs is 9. The maximum atomic E-state index is 6.34. The minimum atomic E-state index is -0.395. The third kappa shape index (κ3) is 9.07. The Kier molecular flexibility index (Phi) is 12.4. The summed E-state index contributed by atoms with van der Waals surface area (Å²) in [5.74, 6) is 0. The van der Waals surface area contributed by atoms with Gasteiger partial charge in [0.25, 0.3) is 0 Å². The van der Waals surface area contributed by atoms with Crippen LogP contribution in [0.3, 0.4) is 0 Å². The van der Waals surface area contributed by atoms with Crippen LogP contribution in [0.5, 0.6) is 0 Å². The van der Waals surface area contributed by atoms with E-state index in [1.54, 1.807) is 0 Å². The third-order valence-electron chi connectivity index (χ3n) is 16.3. The summed E-state index contributed by atoms with van der Waals surface area (Å²) in [6.45, 7) is 8.36. The van der Waals surface area contributed by atoms with E-state index in [-0.39, 0.29) is 11.2 Å². The number of aromatic nitrogens is 4. The van der Waals surface area contributed by atoms with E-state index < -0.39 is 7.12 Å². The van der Waals surface area contributed by atoms with Gasteiger partial charge in [-0.05, 0) is 85.7 Å². The first-order chi connectivity index (χ1) is 39.6. The molecule has 6 nitrogen and oxygen atoms in total. The van der Waals surface area contributed by atoms with Crippen LogP contribution in [-0.2, 0) is 9.31 Å². The van der Waals surface area contributed by atoms with Crippen LogP contribution in [0.15, 0.2) is 261 Å². The highest BCUT2D eigenvalue weighted by atomic mass is 16.7. The lowest BCUT2D eigenvalue weighted by Gasteiger charge is -2.32. The predicted molar refractivity (Wildman–Crippen MR) is 337 cm³/mol. The SMILES string of the molecule is CC1(C)OB(c2cccc(-c3cccc4c(-c5ccccc5)nc5ccccc5c34)c2)OC1(C)C.c1ccc(-c2ccc3ccc4ccc(-c5cccc(-c6cccc7c(-c8ccccc8)nc8ccccc8c67)c5)nc4c3n2)cc1. The summed E-state index contributed by atoms with van der Waals surface area (Å²) >= 11 is 0. The quantitative estimate of drug-likeness (QED) is 0.117. The Morgan fingerprint density at radius 1 is 0.309 bits per heavy atom. The number of hydrogen-bond donors (Lipinski definition) is 0. The van der Waals surface area contributed by atoms with Gasteiger partial charge in [-0.1, -0.05) is 231 Å². The van der Waals surface area contributed by atoms with E-state index in [4.69, 9.17) is 29.2 Å². The smallest absolute Gasteiger partial charge is 0.399 e. The van der Waals surface area contributed by atoms with E-state index in [0.717, 1.165) is 116 Å². The minimum Gasteiger partial charge on any atom is -0.399 e. The normalized spacial score (nSPS) is 13.8. The summed E-state index contributed by atoms with van der Waals surface area (Å²) in [5.41, 5.74) is 17.0. The van der Waals surface area contributed by atoms with Gasteiger partial charge in [-0.25, -0.2) is 19.9 Å². The molecule has 5 heterocycles. The molecule has 0 saturated carbocycles. The van der Waals surface area contributed by atoms with Crippen molar-refractivity contribution in [3.8, 4) is 67.3 Å². The van der Waals surface area contributed by atoms with Crippen molar-refractivity contribution in [2.75, 3.05) is 0 Å². The zero-order chi connectivity index (χ0) is 54.7. The summed E-state index contributed by atoms with van der Waals surface area (Å²) in [5, 5.41) is 9.16. The molecule has 15 rings (SSSR count). The van der Waals surface area contributed by atoms with Gasteiger partial charge < -0.3 is 9.31 Å². The number of hydrogen-bond acceptors (Lipinski definition) is 6. The van der Waals surface area contributed by atoms with Crippen LogP contribution >= 0.6 is 0 Å². The molecule has 81 heavy (non-hydrogen) atoms. The zero-order valence-corrected chi connectivity index (χ0v) is 45.5. The minimum absolute atomic E-state index is 0.375. The lowest BCUT2D eigenvalue weighted by Crippen LogP contribution is -2.41. The summed E-state index contributed by atoms with van der Waals surface area (Å²) in [7, 11) is -0.395. The Morgan fingerprint density at radius 3 is 1.21 bits per heavy atom. The van der Waals surface area contributed by atoms with Crippen LogP contribution in [-0.4, -0.2) is 38.3 Å². The van der Waals surface area contributed by atoms with E-state index in [0.29, 0.717) is 0 Å². The molecule has 1 aliphatic rings. The van der Waals surface area contributed by atoms with Crippen molar-refractivity contribution < 1.29 is 9.31 Å². The average Bonchev–Trinajstić information content (AvgIpc) is 3.98. The number of rotatable bonds is 7. The van der Waals surface area contributed by atoms with Gasteiger partial charge in [-0.15, -0.1) is 0 Å². The molecule has 1 aliphatic heterocycles. The van der Waals surface area contributed by atoms with Gasteiger partial charge in [0.15, 0.2) is 0 Å². The zero-order valence-electron chi connectivity index (χ0n) is 45.5. The fourth-order valence-electron chi connectivity index (χ4n) is 11.5. The molecular formula is C74H55BN4O2. The van der Waals surface area contributed by atoms with Crippen molar-refractivity contribution >= 4 is 77.7 Å². The molecule has 7 heteroatoms. The topological polar surface area (TPSA) is 70.0 Å². The molecule has 4 aromatic heterocycles. The maximum absolute atomic E-state index is 6.34. The maximum Gasteiger partial charge on any atom is 0.494 e. The molecule has 0 atom stereocenters. The number of nitrogens with zero attached hydrogens (tertiary/aromatic N) is 4. The second-order valence-electron chi connectivity index (χ2n) is 21.9. The molecule has 1 saturated heterocycles. The van der Waals surface area contributed by atoms with Crippen LogP contribution in [0.4, 0.5) is 0 Å². The highest BCUT2D eigenvalue weighted by Crippen LogP contribution is 2.42. The van der Waals surface area contributed by atoms with Crippen LogP contribution in [0, 0.1) is 0 Å². The van der Waals surface area contributed by atoms with Gasteiger partial charge >= 0.3 is 7.12 Å². The Labute approximate surface area is 471 Å². The van der Waals surface area contributed by atoms with Crippen LogP contribution in [0.25, 0.3) is 132 Å². The van der Waals surface area contributed by atoms with Gasteiger partial charge in [0, 0.05) is 65.3 Å². The lowest BCUT2D eigenvalue weighted by molar-refractivity contribution is 0.00578. The van der Waals surface area contributed by atoms with Gasteiger partial charge in [0.2, 0.25) is 0 Å². The molecule has 10 aromatic carbocycles. The largest absolute Gasteiger partial charge is 0.494 e. The molecule has 0 N–H and O–H groups in total. The van der Waals surface area contributed by atoms with Crippen molar-refractivity contribution in [2.45, 2.75) is 38.9 Å². The standard InChI is InChI=1S/C43H27N3.C31H28BNO2/c1-3-11-28(12-4-1)37-25-23-30-21-22-31-24-26-38(45-43(31)42(30)44-37)33-16-9-15-32(27-33)34-18-10-19-36-40(34)35-17-7-8-20-39(35)46-41(36)29-13-5-2-6-14-29;1-30(2)31(3,4)35-32(34-30)23-15-10-14-22(20-23)24-17-11-18-26-28(24)25-16-8-9-19-27(25)33-29(26)21-12-6-5-7-13-21/h1-27H;5-20H,1-4H3. The number of benzene rings is 10. The molecular weight excluding hydrogens is 988 g/mol. The molecule has 0 radical (unpaired) electrons. The molecule has 1 fully saturated rings. The molecule has 0 spiro atoms. The third-order valence-corrected chi connectivity index (χ3v) is 16.3. The molecule has 0 amide bonds. The van der Waals surface area contributed by atoms with Gasteiger partial charge in [-0.2, -0.15) is 0 Å². The van der Waals surface area contributed by atoms with Crippen molar-refractivity contribution in [3.63, 3.8) is 0 Å². The van der Waals surface area contributed by atoms with E-state index in [1.165, 1.54) is 21.9 Å². The summed E-state index contributed by atoms with van der Waals surface area (Å²) < 4.78 is 12.7. The van der Waals surface area contributed by atoms with Crippen LogP contribution in [0.2, 0.25) is 0 Å². The molecule has 0 aliphatic carbocycles.